The van der Waals surface area contributed by atoms with Gasteiger partial charge in [0.2, 0.25) is 0 Å². The van der Waals surface area contributed by atoms with Gasteiger partial charge < -0.3 is 4.74 Å². The molecule has 2 nitrogen and oxygen atoms in total. The molecule has 1 aliphatic rings. The number of hydrogen-bond acceptors (Lipinski definition) is 2. The third-order valence-corrected chi connectivity index (χ3v) is 2.02. The van der Waals surface area contributed by atoms with Gasteiger partial charge in [0.1, 0.15) is 0 Å². The fraction of sp³-hybridized carbons (Fsp3) is 0.857. The van der Waals surface area contributed by atoms with E-state index in [0.717, 1.165) is 19.4 Å². The summed E-state index contributed by atoms with van der Waals surface area (Å²) in [6, 6.07) is 2.30. The maximum atomic E-state index is 8.69. The molecular formula is C7H11NO. The third kappa shape index (κ3) is 1.06. The zero-order valence-corrected chi connectivity index (χ0v) is 5.68. The number of rotatable bonds is 1. The summed E-state index contributed by atoms with van der Waals surface area (Å²) in [6.07, 6.45) is 1.84. The summed E-state index contributed by atoms with van der Waals surface area (Å²) in [5.41, 5.74) is -0.139. The largest absolute Gasteiger partial charge is 0.380 e. The number of ether oxygens (including phenoxy) is 1. The molecule has 0 amide bonds. The average molecular weight is 125 g/mol. The van der Waals surface area contributed by atoms with E-state index in [9.17, 15) is 0 Å². The van der Waals surface area contributed by atoms with Crippen LogP contribution in [0.2, 0.25) is 0 Å². The van der Waals surface area contributed by atoms with E-state index in [-0.39, 0.29) is 5.41 Å². The van der Waals surface area contributed by atoms with Crippen LogP contribution in [-0.2, 0) is 4.74 Å². The van der Waals surface area contributed by atoms with E-state index < -0.39 is 0 Å². The number of nitriles is 1. The van der Waals surface area contributed by atoms with Gasteiger partial charge in [0.15, 0.2) is 0 Å². The molecule has 50 valence electrons. The molecule has 1 atom stereocenters. The first-order chi connectivity index (χ1) is 4.33. The van der Waals surface area contributed by atoms with Crippen LogP contribution in [0.25, 0.3) is 0 Å². The lowest BCUT2D eigenvalue weighted by Gasteiger charge is -2.13. The Morgan fingerprint density at radius 1 is 1.78 bits per heavy atom. The van der Waals surface area contributed by atoms with Crippen LogP contribution >= 0.6 is 0 Å². The van der Waals surface area contributed by atoms with Crippen molar-refractivity contribution in [1.29, 1.82) is 5.26 Å². The highest BCUT2D eigenvalue weighted by Gasteiger charge is 2.32. The molecule has 1 saturated heterocycles. The second-order valence-corrected chi connectivity index (χ2v) is 2.55. The molecular weight excluding hydrogens is 114 g/mol. The summed E-state index contributed by atoms with van der Waals surface area (Å²) in [5, 5.41) is 8.69. The standard InChI is InChI=1S/C7H11NO/c1-2-7(5-8)3-4-9-6-7/h2-4,6H2,1H3. The van der Waals surface area contributed by atoms with Crippen LogP contribution in [0.3, 0.4) is 0 Å². The van der Waals surface area contributed by atoms with Gasteiger partial charge in [-0.25, -0.2) is 0 Å². The van der Waals surface area contributed by atoms with Gasteiger partial charge in [-0.05, 0) is 12.8 Å². The molecule has 0 N–H and O–H groups in total. The second-order valence-electron chi connectivity index (χ2n) is 2.55. The van der Waals surface area contributed by atoms with Crippen molar-refractivity contribution in [3.63, 3.8) is 0 Å². The fourth-order valence-electron chi connectivity index (χ4n) is 1.05. The van der Waals surface area contributed by atoms with Gasteiger partial charge in [-0.2, -0.15) is 5.26 Å². The third-order valence-electron chi connectivity index (χ3n) is 2.02. The molecule has 0 aliphatic carbocycles. The molecule has 1 rings (SSSR count). The lowest BCUT2D eigenvalue weighted by atomic mass is 9.87. The monoisotopic (exact) mass is 125 g/mol. The molecule has 0 saturated carbocycles. The van der Waals surface area contributed by atoms with Gasteiger partial charge in [-0.1, -0.05) is 6.92 Å². The van der Waals surface area contributed by atoms with Crippen LogP contribution < -0.4 is 0 Å². The summed E-state index contributed by atoms with van der Waals surface area (Å²) in [7, 11) is 0. The first kappa shape index (κ1) is 6.57. The van der Waals surface area contributed by atoms with Gasteiger partial charge in [0.25, 0.3) is 0 Å². The van der Waals surface area contributed by atoms with Crippen molar-refractivity contribution in [2.45, 2.75) is 19.8 Å². The molecule has 0 bridgehead atoms. The first-order valence-corrected chi connectivity index (χ1v) is 3.32. The van der Waals surface area contributed by atoms with E-state index in [1.54, 1.807) is 0 Å². The predicted molar refractivity (Wildman–Crippen MR) is 33.8 cm³/mol. The van der Waals surface area contributed by atoms with E-state index in [2.05, 4.69) is 6.07 Å². The van der Waals surface area contributed by atoms with Gasteiger partial charge in [0.05, 0.1) is 18.1 Å². The van der Waals surface area contributed by atoms with E-state index in [0.29, 0.717) is 6.61 Å². The summed E-state index contributed by atoms with van der Waals surface area (Å²) in [4.78, 5) is 0. The van der Waals surface area contributed by atoms with Gasteiger partial charge >= 0.3 is 0 Å². The Morgan fingerprint density at radius 3 is 2.78 bits per heavy atom. The molecule has 1 heterocycles. The molecule has 0 aromatic carbocycles. The number of nitrogens with zero attached hydrogens (tertiary/aromatic N) is 1. The first-order valence-electron chi connectivity index (χ1n) is 3.32. The predicted octanol–water partition coefficient (Wildman–Crippen LogP) is 1.33. The highest BCUT2D eigenvalue weighted by molar-refractivity contribution is 5.00. The van der Waals surface area contributed by atoms with E-state index in [1.165, 1.54) is 0 Å². The Bertz CT molecular complexity index is 130. The summed E-state index contributed by atoms with van der Waals surface area (Å²) < 4.78 is 5.12. The van der Waals surface area contributed by atoms with Crippen molar-refractivity contribution < 1.29 is 4.74 Å². The smallest absolute Gasteiger partial charge is 0.0826 e. The van der Waals surface area contributed by atoms with E-state index >= 15 is 0 Å². The molecule has 1 fully saturated rings. The quantitative estimate of drug-likeness (QED) is 0.529. The van der Waals surface area contributed by atoms with Crippen LogP contribution in [-0.4, -0.2) is 13.2 Å². The van der Waals surface area contributed by atoms with Crippen LogP contribution in [0.1, 0.15) is 19.8 Å². The molecule has 9 heavy (non-hydrogen) atoms. The Kier molecular flexibility index (Phi) is 1.73. The maximum absolute atomic E-state index is 8.69. The van der Waals surface area contributed by atoms with Gasteiger partial charge in [-0.15, -0.1) is 0 Å². The van der Waals surface area contributed by atoms with Crippen molar-refractivity contribution >= 4 is 0 Å². The molecule has 0 spiro atoms. The Labute approximate surface area is 55.4 Å². The lowest BCUT2D eigenvalue weighted by molar-refractivity contribution is 0.170. The van der Waals surface area contributed by atoms with Crippen LogP contribution in [0, 0.1) is 16.7 Å². The van der Waals surface area contributed by atoms with E-state index in [4.69, 9.17) is 10.00 Å². The van der Waals surface area contributed by atoms with Crippen LogP contribution in [0.4, 0.5) is 0 Å². The molecule has 1 aliphatic heterocycles. The minimum absolute atomic E-state index is 0.139. The van der Waals surface area contributed by atoms with Crippen molar-refractivity contribution in [3.8, 4) is 6.07 Å². The SMILES string of the molecule is CCC1(C#N)CCOC1. The van der Waals surface area contributed by atoms with E-state index in [1.807, 2.05) is 6.92 Å². The van der Waals surface area contributed by atoms with Crippen LogP contribution in [0.15, 0.2) is 0 Å². The van der Waals surface area contributed by atoms with Crippen molar-refractivity contribution in [2.24, 2.45) is 5.41 Å². The Hall–Kier alpha value is -0.550. The minimum Gasteiger partial charge on any atom is -0.380 e. The summed E-state index contributed by atoms with van der Waals surface area (Å²) in [5.74, 6) is 0. The Morgan fingerprint density at radius 2 is 2.56 bits per heavy atom. The highest BCUT2D eigenvalue weighted by atomic mass is 16.5. The normalized spacial score (nSPS) is 34.2. The summed E-state index contributed by atoms with van der Waals surface area (Å²) in [6.45, 7) is 3.44. The molecule has 0 aromatic rings. The fourth-order valence-corrected chi connectivity index (χ4v) is 1.05. The van der Waals surface area contributed by atoms with Gasteiger partial charge in [0, 0.05) is 6.61 Å². The molecule has 0 aromatic heterocycles. The Balaban J connectivity index is 2.59. The average Bonchev–Trinajstić information content (AvgIpc) is 2.36. The topological polar surface area (TPSA) is 33.0 Å². The number of hydrogen-bond donors (Lipinski definition) is 0. The van der Waals surface area contributed by atoms with Crippen LogP contribution in [0.5, 0.6) is 0 Å². The van der Waals surface area contributed by atoms with Gasteiger partial charge in [-0.3, -0.25) is 0 Å². The molecule has 1 unspecified atom stereocenters. The second kappa shape index (κ2) is 2.36. The zero-order chi connectivity index (χ0) is 6.74. The summed E-state index contributed by atoms with van der Waals surface area (Å²) >= 11 is 0. The molecule has 0 radical (unpaired) electrons. The van der Waals surface area contributed by atoms with Crippen molar-refractivity contribution in [3.05, 3.63) is 0 Å². The maximum Gasteiger partial charge on any atom is 0.0826 e. The lowest BCUT2D eigenvalue weighted by Crippen LogP contribution is -2.16. The highest BCUT2D eigenvalue weighted by Crippen LogP contribution is 2.30. The zero-order valence-electron chi connectivity index (χ0n) is 5.68. The van der Waals surface area contributed by atoms with Crippen molar-refractivity contribution in [1.82, 2.24) is 0 Å². The minimum atomic E-state index is -0.139. The molecule has 2 heteroatoms. The van der Waals surface area contributed by atoms with Crippen molar-refractivity contribution in [2.75, 3.05) is 13.2 Å².